The maximum Gasteiger partial charge on any atom is 0.103 e. The summed E-state index contributed by atoms with van der Waals surface area (Å²) in [6.07, 6.45) is 2.67. The van der Waals surface area contributed by atoms with Crippen LogP contribution in [-0.4, -0.2) is 31.3 Å². The van der Waals surface area contributed by atoms with Gasteiger partial charge in [-0.3, -0.25) is 0 Å². The molecule has 1 heterocycles. The van der Waals surface area contributed by atoms with E-state index in [9.17, 15) is 0 Å². The number of rotatable bonds is 3. The van der Waals surface area contributed by atoms with Crippen molar-refractivity contribution in [2.75, 3.05) is 25.1 Å². The summed E-state index contributed by atoms with van der Waals surface area (Å²) < 4.78 is 5.42. The average Bonchev–Trinajstić information content (AvgIpc) is 2.39. The van der Waals surface area contributed by atoms with Crippen LogP contribution < -0.4 is 10.6 Å². The molecular formula is C13H18N2OS. The summed E-state index contributed by atoms with van der Waals surface area (Å²) >= 11 is 4.94. The zero-order chi connectivity index (χ0) is 12.3. The normalized spacial score (nSPS) is 20.3. The fourth-order valence-corrected chi connectivity index (χ4v) is 2.34. The van der Waals surface area contributed by atoms with Gasteiger partial charge in [0.25, 0.3) is 0 Å². The minimum Gasteiger partial charge on any atom is -0.389 e. The predicted molar refractivity (Wildman–Crippen MR) is 74.6 cm³/mol. The summed E-state index contributed by atoms with van der Waals surface area (Å²) in [7, 11) is 1.78. The highest BCUT2D eigenvalue weighted by molar-refractivity contribution is 7.80. The minimum absolute atomic E-state index is 0.346. The Hall–Kier alpha value is -1.13. The first kappa shape index (κ1) is 12.3. The molecule has 0 spiro atoms. The molecule has 92 valence electrons. The molecule has 1 aromatic carbocycles. The molecule has 3 nitrogen and oxygen atoms in total. The van der Waals surface area contributed by atoms with E-state index in [1.807, 2.05) is 12.1 Å². The van der Waals surface area contributed by atoms with E-state index in [0.29, 0.717) is 11.1 Å². The van der Waals surface area contributed by atoms with E-state index < -0.39 is 0 Å². The molecule has 1 saturated heterocycles. The minimum atomic E-state index is 0.346. The van der Waals surface area contributed by atoms with E-state index in [0.717, 1.165) is 25.1 Å². The van der Waals surface area contributed by atoms with Crippen molar-refractivity contribution in [1.29, 1.82) is 0 Å². The third-order valence-corrected chi connectivity index (χ3v) is 3.46. The van der Waals surface area contributed by atoms with Gasteiger partial charge < -0.3 is 15.4 Å². The van der Waals surface area contributed by atoms with Crippen LogP contribution in [0, 0.1) is 0 Å². The van der Waals surface area contributed by atoms with Gasteiger partial charge in [0.15, 0.2) is 0 Å². The van der Waals surface area contributed by atoms with Crippen LogP contribution in [0.15, 0.2) is 24.3 Å². The van der Waals surface area contributed by atoms with Crippen molar-refractivity contribution in [2.45, 2.75) is 18.9 Å². The Labute approximate surface area is 108 Å². The number of benzene rings is 1. The first-order valence-corrected chi connectivity index (χ1v) is 6.29. The van der Waals surface area contributed by atoms with Gasteiger partial charge in [-0.05, 0) is 37.1 Å². The van der Waals surface area contributed by atoms with Crippen molar-refractivity contribution in [3.63, 3.8) is 0 Å². The van der Waals surface area contributed by atoms with Crippen molar-refractivity contribution in [2.24, 2.45) is 5.73 Å². The summed E-state index contributed by atoms with van der Waals surface area (Å²) in [5.74, 6) is 0. The molecule has 1 atom stereocenters. The van der Waals surface area contributed by atoms with Crippen molar-refractivity contribution in [3.05, 3.63) is 29.8 Å². The molecular weight excluding hydrogens is 232 g/mol. The van der Waals surface area contributed by atoms with Crippen LogP contribution in [0.3, 0.4) is 0 Å². The van der Waals surface area contributed by atoms with Crippen LogP contribution in [0.4, 0.5) is 5.69 Å². The van der Waals surface area contributed by atoms with Gasteiger partial charge in [0, 0.05) is 31.5 Å². The second kappa shape index (κ2) is 5.47. The molecule has 2 N–H and O–H groups in total. The number of thiocarbonyl (C=S) groups is 1. The Bertz CT molecular complexity index is 391. The van der Waals surface area contributed by atoms with Crippen LogP contribution in [0.1, 0.15) is 18.4 Å². The number of methoxy groups -OCH3 is 1. The third-order valence-electron chi connectivity index (χ3n) is 3.23. The summed E-state index contributed by atoms with van der Waals surface area (Å²) in [5.41, 5.74) is 7.72. The average molecular weight is 250 g/mol. The molecule has 0 aliphatic carbocycles. The molecule has 0 bridgehead atoms. The predicted octanol–water partition coefficient (Wildman–Crippen LogP) is 1.94. The molecule has 1 unspecified atom stereocenters. The highest BCUT2D eigenvalue weighted by Crippen LogP contribution is 2.21. The van der Waals surface area contributed by atoms with Gasteiger partial charge in [0.1, 0.15) is 4.99 Å². The van der Waals surface area contributed by atoms with Crippen LogP contribution in [0.5, 0.6) is 0 Å². The summed E-state index contributed by atoms with van der Waals surface area (Å²) in [4.78, 5) is 2.80. The number of anilines is 1. The second-order valence-electron chi connectivity index (χ2n) is 4.36. The number of hydrogen-bond donors (Lipinski definition) is 1. The Morgan fingerprint density at radius 3 is 2.71 bits per heavy atom. The van der Waals surface area contributed by atoms with Gasteiger partial charge in [0.05, 0.1) is 6.10 Å². The molecule has 0 radical (unpaired) electrons. The van der Waals surface area contributed by atoms with E-state index in [1.165, 1.54) is 12.1 Å². The zero-order valence-corrected chi connectivity index (χ0v) is 10.9. The molecule has 1 aliphatic heterocycles. The highest BCUT2D eigenvalue weighted by atomic mass is 32.1. The smallest absolute Gasteiger partial charge is 0.103 e. The number of ether oxygens (including phenoxy) is 1. The molecule has 0 amide bonds. The molecule has 2 rings (SSSR count). The maximum atomic E-state index is 5.58. The number of nitrogens with two attached hydrogens (primary N) is 1. The largest absolute Gasteiger partial charge is 0.389 e. The lowest BCUT2D eigenvalue weighted by Crippen LogP contribution is -2.39. The molecule has 0 aromatic heterocycles. The fourth-order valence-electron chi connectivity index (χ4n) is 2.20. The van der Waals surface area contributed by atoms with Gasteiger partial charge in [-0.1, -0.05) is 12.2 Å². The van der Waals surface area contributed by atoms with Crippen LogP contribution >= 0.6 is 12.2 Å². The Morgan fingerprint density at radius 2 is 2.12 bits per heavy atom. The third kappa shape index (κ3) is 2.96. The monoisotopic (exact) mass is 250 g/mol. The van der Waals surface area contributed by atoms with E-state index in [1.54, 1.807) is 7.11 Å². The van der Waals surface area contributed by atoms with E-state index in [-0.39, 0.29) is 0 Å². The zero-order valence-electron chi connectivity index (χ0n) is 10.1. The van der Waals surface area contributed by atoms with Gasteiger partial charge in [0.2, 0.25) is 0 Å². The maximum absolute atomic E-state index is 5.58. The Balaban J connectivity index is 2.08. The van der Waals surface area contributed by atoms with Crippen molar-refractivity contribution in [3.8, 4) is 0 Å². The van der Waals surface area contributed by atoms with Gasteiger partial charge in [-0.2, -0.15) is 0 Å². The van der Waals surface area contributed by atoms with Crippen LogP contribution in [0.25, 0.3) is 0 Å². The lowest BCUT2D eigenvalue weighted by molar-refractivity contribution is 0.0893. The van der Waals surface area contributed by atoms with E-state index in [4.69, 9.17) is 22.7 Å². The van der Waals surface area contributed by atoms with E-state index in [2.05, 4.69) is 17.0 Å². The number of nitrogens with zero attached hydrogens (tertiary/aromatic N) is 1. The van der Waals surface area contributed by atoms with Crippen molar-refractivity contribution < 1.29 is 4.74 Å². The van der Waals surface area contributed by atoms with Crippen molar-refractivity contribution >= 4 is 22.9 Å². The standard InChI is InChI=1S/C13H18N2OS/c1-16-12-3-2-8-15(9-12)11-6-4-10(5-7-11)13(14)17/h4-7,12H,2-3,8-9H2,1H3,(H2,14,17). The Kier molecular flexibility index (Phi) is 3.97. The summed E-state index contributed by atoms with van der Waals surface area (Å²) in [6, 6.07) is 8.11. The molecule has 1 aliphatic rings. The molecule has 1 fully saturated rings. The fraction of sp³-hybridized carbons (Fsp3) is 0.462. The molecule has 1 aromatic rings. The first-order valence-electron chi connectivity index (χ1n) is 5.88. The van der Waals surface area contributed by atoms with E-state index >= 15 is 0 Å². The quantitative estimate of drug-likeness (QED) is 0.832. The summed E-state index contributed by atoms with van der Waals surface area (Å²) in [6.45, 7) is 2.05. The highest BCUT2D eigenvalue weighted by Gasteiger charge is 2.19. The number of hydrogen-bond acceptors (Lipinski definition) is 3. The molecule has 4 heteroatoms. The topological polar surface area (TPSA) is 38.5 Å². The van der Waals surface area contributed by atoms with Gasteiger partial charge in [-0.25, -0.2) is 0 Å². The lowest BCUT2D eigenvalue weighted by Gasteiger charge is -2.33. The summed E-state index contributed by atoms with van der Waals surface area (Å²) in [5, 5.41) is 0. The first-order chi connectivity index (χ1) is 8.20. The second-order valence-corrected chi connectivity index (χ2v) is 4.80. The number of piperidine rings is 1. The van der Waals surface area contributed by atoms with Gasteiger partial charge in [-0.15, -0.1) is 0 Å². The molecule has 0 saturated carbocycles. The van der Waals surface area contributed by atoms with Crippen LogP contribution in [0.2, 0.25) is 0 Å². The lowest BCUT2D eigenvalue weighted by atomic mass is 10.1. The van der Waals surface area contributed by atoms with Gasteiger partial charge >= 0.3 is 0 Å². The molecule has 17 heavy (non-hydrogen) atoms. The SMILES string of the molecule is COC1CCCN(c2ccc(C(N)=S)cc2)C1. The van der Waals surface area contributed by atoms with Crippen molar-refractivity contribution in [1.82, 2.24) is 0 Å². The van der Waals surface area contributed by atoms with Crippen LogP contribution in [-0.2, 0) is 4.74 Å². The Morgan fingerprint density at radius 1 is 1.41 bits per heavy atom.